The van der Waals surface area contributed by atoms with E-state index in [2.05, 4.69) is 15.9 Å². The molecule has 17 heavy (non-hydrogen) atoms. The molecule has 0 spiro atoms. The van der Waals surface area contributed by atoms with Crippen LogP contribution in [0.15, 0.2) is 16.6 Å². The summed E-state index contributed by atoms with van der Waals surface area (Å²) in [5.74, 6) is 1.76. The molecule has 0 bridgehead atoms. The van der Waals surface area contributed by atoms with Crippen molar-refractivity contribution in [3.63, 3.8) is 0 Å². The van der Waals surface area contributed by atoms with Crippen LogP contribution in [0.1, 0.15) is 0 Å². The molecule has 1 aromatic carbocycles. The predicted octanol–water partition coefficient (Wildman–Crippen LogP) is 2.42. The molecule has 0 aliphatic rings. The first kappa shape index (κ1) is 14.1. The molecule has 0 aliphatic heterocycles. The number of hydrogen-bond donors (Lipinski definition) is 0. The van der Waals surface area contributed by atoms with Crippen molar-refractivity contribution in [2.45, 2.75) is 0 Å². The molecule has 0 N–H and O–H groups in total. The maximum Gasteiger partial charge on any atom is 0.188 e. The van der Waals surface area contributed by atoms with Crippen molar-refractivity contribution in [3.8, 4) is 17.2 Å². The molecule has 5 nitrogen and oxygen atoms in total. The van der Waals surface area contributed by atoms with Gasteiger partial charge in [0, 0.05) is 26.4 Å². The summed E-state index contributed by atoms with van der Waals surface area (Å²) in [5, 5.41) is 0. The highest BCUT2D eigenvalue weighted by Gasteiger charge is 2.11. The molecule has 0 heterocycles. The Labute approximate surface area is 109 Å². The molecule has 0 aromatic heterocycles. The van der Waals surface area contributed by atoms with Crippen molar-refractivity contribution in [1.82, 2.24) is 0 Å². The highest BCUT2D eigenvalue weighted by Crippen LogP contribution is 2.37. The van der Waals surface area contributed by atoms with Gasteiger partial charge >= 0.3 is 0 Å². The van der Waals surface area contributed by atoms with E-state index in [1.807, 2.05) is 0 Å². The van der Waals surface area contributed by atoms with Crippen LogP contribution >= 0.6 is 15.9 Å². The Morgan fingerprint density at radius 3 is 2.00 bits per heavy atom. The van der Waals surface area contributed by atoms with E-state index >= 15 is 0 Å². The molecule has 1 rings (SSSR count). The Bertz CT molecular complexity index is 356. The fraction of sp³-hybridized carbons (Fsp3) is 0.455. The van der Waals surface area contributed by atoms with Crippen LogP contribution in [-0.4, -0.2) is 34.9 Å². The average Bonchev–Trinajstić information content (AvgIpc) is 2.35. The molecule has 96 valence electrons. The molecule has 0 saturated heterocycles. The first-order chi connectivity index (χ1) is 8.22. The number of benzene rings is 1. The molecule has 0 unspecified atom stereocenters. The summed E-state index contributed by atoms with van der Waals surface area (Å²) < 4.78 is 26.3. The van der Waals surface area contributed by atoms with Gasteiger partial charge < -0.3 is 23.7 Å². The minimum atomic E-state index is 0.154. The topological polar surface area (TPSA) is 46.2 Å². The second kappa shape index (κ2) is 7.37. The maximum atomic E-state index is 5.35. The van der Waals surface area contributed by atoms with Crippen molar-refractivity contribution in [3.05, 3.63) is 16.6 Å². The third-order valence-electron chi connectivity index (χ3n) is 1.88. The zero-order chi connectivity index (χ0) is 12.7. The lowest BCUT2D eigenvalue weighted by Crippen LogP contribution is -2.03. The van der Waals surface area contributed by atoms with Gasteiger partial charge in [-0.15, -0.1) is 0 Å². The Morgan fingerprint density at radius 1 is 0.882 bits per heavy atom. The summed E-state index contributed by atoms with van der Waals surface area (Å²) in [7, 11) is 4.67. The first-order valence-electron chi connectivity index (χ1n) is 4.84. The van der Waals surface area contributed by atoms with Crippen LogP contribution in [-0.2, 0) is 9.47 Å². The largest absolute Gasteiger partial charge is 0.493 e. The molecular formula is C11H15BrO5. The SMILES string of the molecule is COCOc1cc(OC)c(OCOC)cc1Br. The van der Waals surface area contributed by atoms with Gasteiger partial charge in [0.2, 0.25) is 0 Å². The summed E-state index contributed by atoms with van der Waals surface area (Å²) >= 11 is 3.38. The van der Waals surface area contributed by atoms with E-state index in [0.717, 1.165) is 4.47 Å². The fourth-order valence-corrected chi connectivity index (χ4v) is 1.58. The van der Waals surface area contributed by atoms with Crippen molar-refractivity contribution in [2.75, 3.05) is 34.9 Å². The lowest BCUT2D eigenvalue weighted by molar-refractivity contribution is 0.0463. The Hall–Kier alpha value is -0.980. The zero-order valence-corrected chi connectivity index (χ0v) is 11.6. The van der Waals surface area contributed by atoms with Crippen molar-refractivity contribution >= 4 is 15.9 Å². The second-order valence-electron chi connectivity index (χ2n) is 3.04. The lowest BCUT2D eigenvalue weighted by Gasteiger charge is -2.13. The molecule has 0 radical (unpaired) electrons. The average molecular weight is 307 g/mol. The highest BCUT2D eigenvalue weighted by atomic mass is 79.9. The summed E-state index contributed by atoms with van der Waals surface area (Å²) in [6.07, 6.45) is 0. The Balaban J connectivity index is 2.89. The molecule has 1 aromatic rings. The molecule has 0 atom stereocenters. The number of ether oxygens (including phenoxy) is 5. The predicted molar refractivity (Wildman–Crippen MR) is 65.7 cm³/mol. The highest BCUT2D eigenvalue weighted by molar-refractivity contribution is 9.10. The van der Waals surface area contributed by atoms with Crippen LogP contribution in [0.4, 0.5) is 0 Å². The summed E-state index contributed by atoms with van der Waals surface area (Å²) in [6, 6.07) is 3.47. The van der Waals surface area contributed by atoms with E-state index in [1.54, 1.807) is 33.5 Å². The third-order valence-corrected chi connectivity index (χ3v) is 2.50. The minimum absolute atomic E-state index is 0.154. The molecule has 0 aliphatic carbocycles. The number of halogens is 1. The molecule has 0 saturated carbocycles. The smallest absolute Gasteiger partial charge is 0.188 e. The van der Waals surface area contributed by atoms with Gasteiger partial charge in [0.25, 0.3) is 0 Å². The first-order valence-corrected chi connectivity index (χ1v) is 5.63. The van der Waals surface area contributed by atoms with Crippen molar-refractivity contribution in [1.29, 1.82) is 0 Å². The lowest BCUT2D eigenvalue weighted by atomic mass is 10.3. The number of hydrogen-bond acceptors (Lipinski definition) is 5. The Kier molecular flexibility index (Phi) is 6.10. The van der Waals surface area contributed by atoms with E-state index in [0.29, 0.717) is 17.2 Å². The van der Waals surface area contributed by atoms with Gasteiger partial charge in [0.15, 0.2) is 25.1 Å². The number of methoxy groups -OCH3 is 3. The van der Waals surface area contributed by atoms with Crippen molar-refractivity contribution in [2.24, 2.45) is 0 Å². The quantitative estimate of drug-likeness (QED) is 0.724. The maximum absolute atomic E-state index is 5.35. The zero-order valence-electron chi connectivity index (χ0n) is 9.99. The third kappa shape index (κ3) is 4.07. The molecular weight excluding hydrogens is 292 g/mol. The van der Waals surface area contributed by atoms with E-state index < -0.39 is 0 Å². The molecule has 0 amide bonds. The van der Waals surface area contributed by atoms with Crippen LogP contribution in [0.3, 0.4) is 0 Å². The summed E-state index contributed by atoms with van der Waals surface area (Å²) in [4.78, 5) is 0. The van der Waals surface area contributed by atoms with Gasteiger partial charge in [-0.2, -0.15) is 0 Å². The summed E-state index contributed by atoms with van der Waals surface area (Å²) in [6.45, 7) is 0.321. The van der Waals surface area contributed by atoms with Gasteiger partial charge in [-0.3, -0.25) is 0 Å². The van der Waals surface area contributed by atoms with E-state index in [9.17, 15) is 0 Å². The minimum Gasteiger partial charge on any atom is -0.493 e. The van der Waals surface area contributed by atoms with Gasteiger partial charge in [-0.25, -0.2) is 0 Å². The van der Waals surface area contributed by atoms with Crippen LogP contribution in [0, 0.1) is 0 Å². The molecule has 0 fully saturated rings. The van der Waals surface area contributed by atoms with Gasteiger partial charge in [0.1, 0.15) is 5.75 Å². The fourth-order valence-electron chi connectivity index (χ4n) is 1.14. The van der Waals surface area contributed by atoms with Crippen molar-refractivity contribution < 1.29 is 23.7 Å². The number of rotatable bonds is 7. The van der Waals surface area contributed by atoms with Crippen LogP contribution < -0.4 is 14.2 Å². The monoisotopic (exact) mass is 306 g/mol. The normalized spacial score (nSPS) is 10.1. The second-order valence-corrected chi connectivity index (χ2v) is 3.89. The van der Waals surface area contributed by atoms with Gasteiger partial charge in [0.05, 0.1) is 11.6 Å². The van der Waals surface area contributed by atoms with Crippen LogP contribution in [0.25, 0.3) is 0 Å². The van der Waals surface area contributed by atoms with Crippen LogP contribution in [0.2, 0.25) is 0 Å². The van der Waals surface area contributed by atoms with E-state index in [4.69, 9.17) is 23.7 Å². The van der Waals surface area contributed by atoms with E-state index in [1.165, 1.54) is 0 Å². The van der Waals surface area contributed by atoms with E-state index in [-0.39, 0.29) is 13.6 Å². The van der Waals surface area contributed by atoms with Gasteiger partial charge in [-0.05, 0) is 15.9 Å². The van der Waals surface area contributed by atoms with Gasteiger partial charge in [-0.1, -0.05) is 0 Å². The Morgan fingerprint density at radius 2 is 1.47 bits per heavy atom. The molecule has 6 heteroatoms. The van der Waals surface area contributed by atoms with Crippen LogP contribution in [0.5, 0.6) is 17.2 Å². The summed E-state index contributed by atoms with van der Waals surface area (Å²) in [5.41, 5.74) is 0. The standard InChI is InChI=1S/C11H15BrO5/c1-13-6-16-9-5-10(15-3)11(4-8(9)12)17-7-14-2/h4-5H,6-7H2,1-3H3.